The number of aliphatic hydroxyl groups is 1. The molecule has 3 aromatic rings. The first-order chi connectivity index (χ1) is 12.0. The van der Waals surface area contributed by atoms with E-state index < -0.39 is 5.60 Å². The standard InChI is InChI=1S/C20H20ClN3O/c1-14(2)20(25,9-15-10-22-13-23-11-15)19-8-5-17(12-24-19)16-3-6-18(21)7-4-16/h3-8,10-14,25H,9H2,1-2H3. The van der Waals surface area contributed by atoms with Crippen LogP contribution in [0, 0.1) is 5.92 Å². The van der Waals surface area contributed by atoms with E-state index in [0.717, 1.165) is 16.7 Å². The monoisotopic (exact) mass is 353 g/mol. The predicted molar refractivity (Wildman–Crippen MR) is 99.2 cm³/mol. The lowest BCUT2D eigenvalue weighted by atomic mass is 9.81. The van der Waals surface area contributed by atoms with Crippen molar-refractivity contribution in [3.63, 3.8) is 0 Å². The van der Waals surface area contributed by atoms with Gasteiger partial charge in [0, 0.05) is 35.6 Å². The van der Waals surface area contributed by atoms with Crippen LogP contribution in [0.25, 0.3) is 11.1 Å². The molecule has 1 N–H and O–H groups in total. The second-order valence-electron chi connectivity index (χ2n) is 6.44. The Morgan fingerprint density at radius 3 is 2.16 bits per heavy atom. The highest BCUT2D eigenvalue weighted by molar-refractivity contribution is 6.30. The molecule has 0 bridgehead atoms. The molecule has 0 fully saturated rings. The average molecular weight is 354 g/mol. The average Bonchev–Trinajstić information content (AvgIpc) is 2.63. The summed E-state index contributed by atoms with van der Waals surface area (Å²) in [6.45, 7) is 3.97. The Labute approximate surface area is 152 Å². The number of hydrogen-bond donors (Lipinski definition) is 1. The highest BCUT2D eigenvalue weighted by atomic mass is 35.5. The van der Waals surface area contributed by atoms with Crippen molar-refractivity contribution in [2.75, 3.05) is 0 Å². The van der Waals surface area contributed by atoms with Crippen molar-refractivity contribution >= 4 is 11.6 Å². The molecule has 0 aliphatic rings. The molecule has 1 atom stereocenters. The molecule has 0 amide bonds. The lowest BCUT2D eigenvalue weighted by Gasteiger charge is -2.31. The van der Waals surface area contributed by atoms with Crippen LogP contribution in [0.3, 0.4) is 0 Å². The van der Waals surface area contributed by atoms with Crippen LogP contribution in [0.2, 0.25) is 5.02 Å². The van der Waals surface area contributed by atoms with Crippen molar-refractivity contribution < 1.29 is 5.11 Å². The fraction of sp³-hybridized carbons (Fsp3) is 0.250. The van der Waals surface area contributed by atoms with Gasteiger partial charge in [-0.1, -0.05) is 43.6 Å². The van der Waals surface area contributed by atoms with Gasteiger partial charge < -0.3 is 5.11 Å². The van der Waals surface area contributed by atoms with E-state index in [2.05, 4.69) is 15.0 Å². The van der Waals surface area contributed by atoms with Crippen molar-refractivity contribution in [3.05, 3.63) is 77.6 Å². The molecule has 1 unspecified atom stereocenters. The van der Waals surface area contributed by atoms with Crippen LogP contribution in [0.15, 0.2) is 61.3 Å². The number of benzene rings is 1. The third kappa shape index (κ3) is 3.86. The quantitative estimate of drug-likeness (QED) is 0.743. The Bertz CT molecular complexity index is 820. The summed E-state index contributed by atoms with van der Waals surface area (Å²) in [6, 6.07) is 11.5. The molecule has 0 saturated carbocycles. The first-order valence-electron chi connectivity index (χ1n) is 8.18. The largest absolute Gasteiger partial charge is 0.383 e. The maximum Gasteiger partial charge on any atom is 0.115 e. The molecule has 0 saturated heterocycles. The molecule has 0 radical (unpaired) electrons. The Morgan fingerprint density at radius 1 is 0.960 bits per heavy atom. The fourth-order valence-corrected chi connectivity index (χ4v) is 2.91. The third-order valence-corrected chi connectivity index (χ3v) is 4.68. The fourth-order valence-electron chi connectivity index (χ4n) is 2.79. The zero-order valence-electron chi connectivity index (χ0n) is 14.2. The summed E-state index contributed by atoms with van der Waals surface area (Å²) in [5.41, 5.74) is 2.46. The van der Waals surface area contributed by atoms with E-state index in [1.165, 1.54) is 6.33 Å². The number of hydrogen-bond acceptors (Lipinski definition) is 4. The molecule has 25 heavy (non-hydrogen) atoms. The van der Waals surface area contributed by atoms with Gasteiger partial charge in [0.2, 0.25) is 0 Å². The Morgan fingerprint density at radius 2 is 1.60 bits per heavy atom. The molecule has 0 aliphatic heterocycles. The molecular formula is C20H20ClN3O. The smallest absolute Gasteiger partial charge is 0.115 e. The lowest BCUT2D eigenvalue weighted by Crippen LogP contribution is -2.35. The third-order valence-electron chi connectivity index (χ3n) is 4.43. The van der Waals surface area contributed by atoms with Crippen LogP contribution in [-0.4, -0.2) is 20.1 Å². The van der Waals surface area contributed by atoms with Crippen LogP contribution >= 0.6 is 11.6 Å². The van der Waals surface area contributed by atoms with Gasteiger partial charge in [-0.25, -0.2) is 9.97 Å². The van der Waals surface area contributed by atoms with Crippen LogP contribution in [0.1, 0.15) is 25.1 Å². The summed E-state index contributed by atoms with van der Waals surface area (Å²) in [5, 5.41) is 12.0. The summed E-state index contributed by atoms with van der Waals surface area (Å²) in [7, 11) is 0. The van der Waals surface area contributed by atoms with Crippen LogP contribution in [0.4, 0.5) is 0 Å². The summed E-state index contributed by atoms with van der Waals surface area (Å²) >= 11 is 5.94. The molecular weight excluding hydrogens is 334 g/mol. The first kappa shape index (κ1) is 17.5. The summed E-state index contributed by atoms with van der Waals surface area (Å²) in [6.07, 6.45) is 7.13. The molecule has 1 aromatic carbocycles. The molecule has 0 spiro atoms. The van der Waals surface area contributed by atoms with E-state index in [0.29, 0.717) is 17.1 Å². The minimum atomic E-state index is -1.08. The number of pyridine rings is 1. The van der Waals surface area contributed by atoms with Gasteiger partial charge in [0.05, 0.1) is 5.69 Å². The van der Waals surface area contributed by atoms with Crippen LogP contribution in [-0.2, 0) is 12.0 Å². The van der Waals surface area contributed by atoms with Crippen molar-refractivity contribution in [3.8, 4) is 11.1 Å². The molecule has 0 aliphatic carbocycles. The summed E-state index contributed by atoms with van der Waals surface area (Å²) < 4.78 is 0. The van der Waals surface area contributed by atoms with E-state index in [1.54, 1.807) is 18.6 Å². The second kappa shape index (κ2) is 7.30. The zero-order chi connectivity index (χ0) is 17.9. The van der Waals surface area contributed by atoms with Gasteiger partial charge in [-0.15, -0.1) is 0 Å². The highest BCUT2D eigenvalue weighted by Gasteiger charge is 2.35. The molecule has 5 heteroatoms. The maximum absolute atomic E-state index is 11.3. The predicted octanol–water partition coefficient (Wildman–Crippen LogP) is 4.28. The normalized spacial score (nSPS) is 13.6. The summed E-state index contributed by atoms with van der Waals surface area (Å²) in [4.78, 5) is 12.6. The second-order valence-corrected chi connectivity index (χ2v) is 6.88. The van der Waals surface area contributed by atoms with Crippen molar-refractivity contribution in [1.82, 2.24) is 15.0 Å². The molecule has 2 heterocycles. The van der Waals surface area contributed by atoms with Crippen LogP contribution in [0.5, 0.6) is 0 Å². The first-order valence-corrected chi connectivity index (χ1v) is 8.55. The van der Waals surface area contributed by atoms with Gasteiger partial charge >= 0.3 is 0 Å². The van der Waals surface area contributed by atoms with Gasteiger partial charge in [-0.3, -0.25) is 4.98 Å². The molecule has 128 valence electrons. The van der Waals surface area contributed by atoms with Crippen molar-refractivity contribution in [1.29, 1.82) is 0 Å². The van der Waals surface area contributed by atoms with Gasteiger partial charge in [-0.05, 0) is 35.2 Å². The van der Waals surface area contributed by atoms with E-state index in [1.807, 2.05) is 50.2 Å². The Kier molecular flexibility index (Phi) is 5.11. The Hall–Kier alpha value is -2.30. The van der Waals surface area contributed by atoms with Crippen LogP contribution < -0.4 is 0 Å². The SMILES string of the molecule is CC(C)C(O)(Cc1cncnc1)c1ccc(-c2ccc(Cl)cc2)cn1. The number of aromatic nitrogens is 3. The molecule has 4 nitrogen and oxygen atoms in total. The van der Waals surface area contributed by atoms with E-state index in [-0.39, 0.29) is 5.92 Å². The number of rotatable bonds is 5. The highest BCUT2D eigenvalue weighted by Crippen LogP contribution is 2.33. The minimum Gasteiger partial charge on any atom is -0.383 e. The van der Waals surface area contributed by atoms with Crippen molar-refractivity contribution in [2.45, 2.75) is 25.9 Å². The topological polar surface area (TPSA) is 58.9 Å². The van der Waals surface area contributed by atoms with Gasteiger partial charge in [0.25, 0.3) is 0 Å². The lowest BCUT2D eigenvalue weighted by molar-refractivity contribution is -0.0142. The summed E-state index contributed by atoms with van der Waals surface area (Å²) in [5.74, 6) is -0.0124. The van der Waals surface area contributed by atoms with Gasteiger partial charge in [0.1, 0.15) is 11.9 Å². The zero-order valence-corrected chi connectivity index (χ0v) is 15.0. The van der Waals surface area contributed by atoms with E-state index in [9.17, 15) is 5.11 Å². The van der Waals surface area contributed by atoms with E-state index >= 15 is 0 Å². The minimum absolute atomic E-state index is 0.0124. The van der Waals surface area contributed by atoms with E-state index in [4.69, 9.17) is 11.6 Å². The molecule has 2 aromatic heterocycles. The number of halogens is 1. The molecule has 3 rings (SSSR count). The Balaban J connectivity index is 1.90. The van der Waals surface area contributed by atoms with Gasteiger partial charge in [0.15, 0.2) is 0 Å². The van der Waals surface area contributed by atoms with Crippen molar-refractivity contribution in [2.24, 2.45) is 5.92 Å². The maximum atomic E-state index is 11.3. The van der Waals surface area contributed by atoms with Gasteiger partial charge in [-0.2, -0.15) is 0 Å². The number of nitrogens with zero attached hydrogens (tertiary/aromatic N) is 3.